The van der Waals surface area contributed by atoms with Gasteiger partial charge in [0.05, 0.1) is 21.6 Å². The molecule has 6 heteroatoms. The zero-order chi connectivity index (χ0) is 19.0. The molecule has 1 amide bonds. The van der Waals surface area contributed by atoms with E-state index in [0.717, 1.165) is 37.1 Å². The van der Waals surface area contributed by atoms with Gasteiger partial charge in [0.1, 0.15) is 5.82 Å². The molecule has 1 N–H and O–H groups in total. The molecule has 138 valence electrons. The van der Waals surface area contributed by atoms with Crippen molar-refractivity contribution in [2.75, 3.05) is 5.32 Å². The van der Waals surface area contributed by atoms with Gasteiger partial charge in [0.2, 0.25) is 0 Å². The van der Waals surface area contributed by atoms with Gasteiger partial charge in [-0.05, 0) is 55.7 Å². The van der Waals surface area contributed by atoms with Gasteiger partial charge in [-0.1, -0.05) is 24.1 Å². The molecular formula is C21H20ClN3O2. The first kappa shape index (κ1) is 17.7. The predicted octanol–water partition coefficient (Wildman–Crippen LogP) is 4.34. The van der Waals surface area contributed by atoms with Crippen LogP contribution in [0.1, 0.15) is 41.0 Å². The van der Waals surface area contributed by atoms with Gasteiger partial charge in [0.25, 0.3) is 11.5 Å². The molecule has 0 saturated carbocycles. The summed E-state index contributed by atoms with van der Waals surface area (Å²) in [5.74, 6) is 0.531. The molecule has 0 spiro atoms. The Morgan fingerprint density at radius 1 is 1.15 bits per heavy atom. The van der Waals surface area contributed by atoms with Crippen molar-refractivity contribution >= 4 is 34.1 Å². The molecule has 0 bridgehead atoms. The first-order valence-electron chi connectivity index (χ1n) is 9.14. The Bertz CT molecular complexity index is 1100. The fraction of sp³-hybridized carbons (Fsp3) is 0.286. The second-order valence-corrected chi connectivity index (χ2v) is 7.37. The topological polar surface area (TPSA) is 64.0 Å². The first-order valence-corrected chi connectivity index (χ1v) is 9.52. The smallest absolute Gasteiger partial charge is 0.261 e. The van der Waals surface area contributed by atoms with E-state index in [2.05, 4.69) is 10.3 Å². The Balaban J connectivity index is 1.70. The first-order chi connectivity index (χ1) is 13.0. The van der Waals surface area contributed by atoms with Crippen molar-refractivity contribution < 1.29 is 4.79 Å². The normalized spacial score (nSPS) is 13.9. The molecule has 0 fully saturated rings. The van der Waals surface area contributed by atoms with Gasteiger partial charge in [0, 0.05) is 18.5 Å². The number of halogens is 1. The SMILES string of the molecule is Cc1ccc(NC(=O)c2ccc3c(=O)n4c(nc3c2)CCCCC4)c(Cl)c1. The highest BCUT2D eigenvalue weighted by Gasteiger charge is 2.16. The maximum atomic E-state index is 12.8. The Morgan fingerprint density at radius 3 is 2.81 bits per heavy atom. The van der Waals surface area contributed by atoms with Crippen LogP contribution in [0.2, 0.25) is 5.02 Å². The average molecular weight is 382 g/mol. The van der Waals surface area contributed by atoms with Crippen molar-refractivity contribution in [3.8, 4) is 0 Å². The predicted molar refractivity (Wildman–Crippen MR) is 108 cm³/mol. The number of aryl methyl sites for hydroxylation is 2. The summed E-state index contributed by atoms with van der Waals surface area (Å²) in [5, 5.41) is 3.86. The van der Waals surface area contributed by atoms with E-state index in [0.29, 0.717) is 33.7 Å². The van der Waals surface area contributed by atoms with Crippen LogP contribution >= 0.6 is 11.6 Å². The summed E-state index contributed by atoms with van der Waals surface area (Å²) in [6.07, 6.45) is 3.92. The fourth-order valence-electron chi connectivity index (χ4n) is 3.48. The summed E-state index contributed by atoms with van der Waals surface area (Å²) in [5.41, 5.74) is 2.57. The van der Waals surface area contributed by atoms with Crippen LogP contribution in [0.4, 0.5) is 5.69 Å². The summed E-state index contributed by atoms with van der Waals surface area (Å²) in [4.78, 5) is 30.1. The quantitative estimate of drug-likeness (QED) is 0.718. The molecule has 4 rings (SSSR count). The number of carbonyl (C=O) groups is 1. The van der Waals surface area contributed by atoms with E-state index in [9.17, 15) is 9.59 Å². The minimum atomic E-state index is -0.278. The number of hydrogen-bond acceptors (Lipinski definition) is 3. The molecule has 0 unspecified atom stereocenters. The highest BCUT2D eigenvalue weighted by atomic mass is 35.5. The Hall–Kier alpha value is -2.66. The van der Waals surface area contributed by atoms with Crippen LogP contribution in [0, 0.1) is 6.92 Å². The summed E-state index contributed by atoms with van der Waals surface area (Å²) >= 11 is 6.20. The third-order valence-corrected chi connectivity index (χ3v) is 5.26. The van der Waals surface area contributed by atoms with Crippen molar-refractivity contribution in [3.63, 3.8) is 0 Å². The van der Waals surface area contributed by atoms with Gasteiger partial charge in [-0.2, -0.15) is 0 Å². The van der Waals surface area contributed by atoms with Crippen LogP contribution in [0.3, 0.4) is 0 Å². The maximum Gasteiger partial charge on any atom is 0.261 e. The number of amides is 1. The fourth-order valence-corrected chi connectivity index (χ4v) is 3.76. The number of hydrogen-bond donors (Lipinski definition) is 1. The van der Waals surface area contributed by atoms with Crippen LogP contribution in [0.5, 0.6) is 0 Å². The summed E-state index contributed by atoms with van der Waals surface area (Å²) < 4.78 is 1.78. The van der Waals surface area contributed by atoms with E-state index >= 15 is 0 Å². The average Bonchev–Trinajstić information content (AvgIpc) is 2.89. The summed E-state index contributed by atoms with van der Waals surface area (Å²) in [6, 6.07) is 10.5. The lowest BCUT2D eigenvalue weighted by Crippen LogP contribution is -2.24. The minimum absolute atomic E-state index is 0.0227. The minimum Gasteiger partial charge on any atom is -0.321 e. The second-order valence-electron chi connectivity index (χ2n) is 6.96. The van der Waals surface area contributed by atoms with E-state index in [4.69, 9.17) is 11.6 Å². The molecule has 0 atom stereocenters. The van der Waals surface area contributed by atoms with Gasteiger partial charge < -0.3 is 5.32 Å². The molecule has 2 heterocycles. The lowest BCUT2D eigenvalue weighted by Gasteiger charge is -2.11. The molecule has 5 nitrogen and oxygen atoms in total. The van der Waals surface area contributed by atoms with Crippen LogP contribution in [0.25, 0.3) is 10.9 Å². The Labute approximate surface area is 162 Å². The maximum absolute atomic E-state index is 12.8. The Kier molecular flexibility index (Phi) is 4.70. The monoisotopic (exact) mass is 381 g/mol. The Morgan fingerprint density at radius 2 is 2.00 bits per heavy atom. The molecule has 3 aromatic rings. The number of fused-ring (bicyclic) bond motifs is 2. The van der Waals surface area contributed by atoms with Crippen molar-refractivity contribution in [1.82, 2.24) is 9.55 Å². The number of anilines is 1. The van der Waals surface area contributed by atoms with E-state index in [1.54, 1.807) is 34.9 Å². The van der Waals surface area contributed by atoms with Crippen LogP contribution < -0.4 is 10.9 Å². The van der Waals surface area contributed by atoms with Gasteiger partial charge in [-0.15, -0.1) is 0 Å². The number of benzene rings is 2. The van der Waals surface area contributed by atoms with E-state index in [1.165, 1.54) is 0 Å². The number of nitrogens with zero attached hydrogens (tertiary/aromatic N) is 2. The molecule has 1 aliphatic heterocycles. The van der Waals surface area contributed by atoms with E-state index in [1.807, 2.05) is 13.0 Å². The number of rotatable bonds is 2. The summed E-state index contributed by atoms with van der Waals surface area (Å²) in [7, 11) is 0. The molecular weight excluding hydrogens is 362 g/mol. The second kappa shape index (κ2) is 7.16. The molecule has 27 heavy (non-hydrogen) atoms. The summed E-state index contributed by atoms with van der Waals surface area (Å²) in [6.45, 7) is 2.65. The van der Waals surface area contributed by atoms with E-state index < -0.39 is 0 Å². The number of carbonyl (C=O) groups excluding carboxylic acids is 1. The number of nitrogens with one attached hydrogen (secondary N) is 1. The third kappa shape index (κ3) is 3.47. The lowest BCUT2D eigenvalue weighted by molar-refractivity contribution is 0.102. The standard InChI is InChI=1S/C21H20ClN3O2/c1-13-6-9-17(16(22)11-13)24-20(26)14-7-8-15-18(12-14)23-19-5-3-2-4-10-25(19)21(15)27/h6-9,11-12H,2-5,10H2,1H3,(H,24,26). The lowest BCUT2D eigenvalue weighted by atomic mass is 10.1. The van der Waals surface area contributed by atoms with Gasteiger partial charge in [-0.25, -0.2) is 4.98 Å². The van der Waals surface area contributed by atoms with Crippen LogP contribution in [0.15, 0.2) is 41.2 Å². The zero-order valence-corrected chi connectivity index (χ0v) is 15.8. The van der Waals surface area contributed by atoms with Crippen molar-refractivity contribution in [2.24, 2.45) is 0 Å². The van der Waals surface area contributed by atoms with Gasteiger partial charge in [-0.3, -0.25) is 14.2 Å². The van der Waals surface area contributed by atoms with Crippen molar-refractivity contribution in [1.29, 1.82) is 0 Å². The molecule has 2 aromatic carbocycles. The molecule has 0 aliphatic carbocycles. The number of aromatic nitrogens is 2. The highest BCUT2D eigenvalue weighted by Crippen LogP contribution is 2.24. The van der Waals surface area contributed by atoms with Crippen molar-refractivity contribution in [3.05, 3.63) is 68.7 Å². The van der Waals surface area contributed by atoms with Crippen LogP contribution in [-0.4, -0.2) is 15.5 Å². The van der Waals surface area contributed by atoms with E-state index in [-0.39, 0.29) is 11.5 Å². The zero-order valence-electron chi connectivity index (χ0n) is 15.1. The largest absolute Gasteiger partial charge is 0.321 e. The molecule has 0 saturated heterocycles. The van der Waals surface area contributed by atoms with Gasteiger partial charge in [0.15, 0.2) is 0 Å². The molecule has 1 aromatic heterocycles. The van der Waals surface area contributed by atoms with Crippen molar-refractivity contribution in [2.45, 2.75) is 39.2 Å². The molecule has 0 radical (unpaired) electrons. The highest BCUT2D eigenvalue weighted by molar-refractivity contribution is 6.34. The molecule has 1 aliphatic rings. The van der Waals surface area contributed by atoms with Gasteiger partial charge >= 0.3 is 0 Å². The van der Waals surface area contributed by atoms with Crippen LogP contribution in [-0.2, 0) is 13.0 Å². The third-order valence-electron chi connectivity index (χ3n) is 4.95.